The molecular formula is C15H21ClN2O3. The highest BCUT2D eigenvalue weighted by Crippen LogP contribution is 2.28. The number of rotatable bonds is 6. The van der Waals surface area contributed by atoms with Crippen molar-refractivity contribution in [2.75, 3.05) is 32.2 Å². The van der Waals surface area contributed by atoms with Gasteiger partial charge in [0.25, 0.3) is 0 Å². The first kappa shape index (κ1) is 16.1. The predicted molar refractivity (Wildman–Crippen MR) is 83.0 cm³/mol. The van der Waals surface area contributed by atoms with Crippen molar-refractivity contribution in [1.29, 1.82) is 0 Å². The highest BCUT2D eigenvalue weighted by atomic mass is 35.5. The fourth-order valence-electron chi connectivity index (χ4n) is 2.32. The molecule has 1 aliphatic heterocycles. The Labute approximate surface area is 130 Å². The molecule has 2 N–H and O–H groups in total. The zero-order valence-corrected chi connectivity index (χ0v) is 13.1. The number of hydrogen-bond donors (Lipinski definition) is 2. The summed E-state index contributed by atoms with van der Waals surface area (Å²) in [5, 5.41) is 6.76. The van der Waals surface area contributed by atoms with Gasteiger partial charge < -0.3 is 20.1 Å². The zero-order chi connectivity index (χ0) is 15.2. The molecule has 2 rings (SSSR count). The van der Waals surface area contributed by atoms with Gasteiger partial charge in [-0.25, -0.2) is 0 Å². The number of methoxy groups -OCH3 is 1. The van der Waals surface area contributed by atoms with E-state index in [1.807, 2.05) is 0 Å². The highest BCUT2D eigenvalue weighted by Gasteiger charge is 2.33. The molecule has 2 unspecified atom stereocenters. The van der Waals surface area contributed by atoms with E-state index in [0.717, 1.165) is 13.0 Å². The van der Waals surface area contributed by atoms with Crippen LogP contribution in [0.4, 0.5) is 5.69 Å². The number of carbonyl (C=O) groups excluding carboxylic acids is 1. The van der Waals surface area contributed by atoms with Crippen molar-refractivity contribution >= 4 is 23.2 Å². The molecule has 21 heavy (non-hydrogen) atoms. The molecule has 0 saturated carbocycles. The van der Waals surface area contributed by atoms with Crippen molar-refractivity contribution in [3.05, 3.63) is 23.2 Å². The molecule has 1 heterocycles. The molecule has 6 heteroatoms. The summed E-state index contributed by atoms with van der Waals surface area (Å²) < 4.78 is 10.6. The summed E-state index contributed by atoms with van der Waals surface area (Å²) in [5.74, 6) is 0.307. The molecule has 0 bridgehead atoms. The van der Waals surface area contributed by atoms with Gasteiger partial charge in [-0.15, -0.1) is 0 Å². The normalized spacial score (nSPS) is 21.3. The Morgan fingerprint density at radius 2 is 2.29 bits per heavy atom. The van der Waals surface area contributed by atoms with Crippen molar-refractivity contribution in [2.45, 2.75) is 19.4 Å². The van der Waals surface area contributed by atoms with Crippen LogP contribution in [0.15, 0.2) is 18.2 Å². The third-order valence-corrected chi connectivity index (χ3v) is 3.80. The van der Waals surface area contributed by atoms with E-state index < -0.39 is 0 Å². The van der Waals surface area contributed by atoms with Gasteiger partial charge in [-0.2, -0.15) is 0 Å². The highest BCUT2D eigenvalue weighted by molar-refractivity contribution is 6.32. The predicted octanol–water partition coefficient (Wildman–Crippen LogP) is 2.30. The summed E-state index contributed by atoms with van der Waals surface area (Å²) in [7, 11) is 1.54. The average molecular weight is 313 g/mol. The van der Waals surface area contributed by atoms with Gasteiger partial charge in [-0.1, -0.05) is 18.5 Å². The molecule has 5 nitrogen and oxygen atoms in total. The van der Waals surface area contributed by atoms with Crippen LogP contribution < -0.4 is 15.4 Å². The SMILES string of the molecule is CCCNC1COCC1C(=O)Nc1ccc(Cl)c(OC)c1. The molecule has 1 aromatic rings. The topological polar surface area (TPSA) is 59.6 Å². The Balaban J connectivity index is 2.00. The first-order chi connectivity index (χ1) is 10.2. The molecule has 0 spiro atoms. The van der Waals surface area contributed by atoms with E-state index in [0.29, 0.717) is 29.7 Å². The van der Waals surface area contributed by atoms with Crippen LogP contribution in [0.1, 0.15) is 13.3 Å². The Morgan fingerprint density at radius 3 is 3.00 bits per heavy atom. The maximum absolute atomic E-state index is 12.4. The third-order valence-electron chi connectivity index (χ3n) is 3.49. The minimum atomic E-state index is -0.182. The standard InChI is InChI=1S/C15H21ClN2O3/c1-3-6-17-13-9-21-8-11(13)15(19)18-10-4-5-12(16)14(7-10)20-2/h4-5,7,11,13,17H,3,6,8-9H2,1-2H3,(H,18,19). The van der Waals surface area contributed by atoms with Gasteiger partial charge in [0.15, 0.2) is 0 Å². The van der Waals surface area contributed by atoms with Crippen molar-refractivity contribution in [2.24, 2.45) is 5.92 Å². The maximum atomic E-state index is 12.4. The van der Waals surface area contributed by atoms with Crippen molar-refractivity contribution in [3.63, 3.8) is 0 Å². The van der Waals surface area contributed by atoms with E-state index in [1.165, 1.54) is 0 Å². The molecule has 1 aliphatic rings. The minimum Gasteiger partial charge on any atom is -0.495 e. The van der Waals surface area contributed by atoms with Gasteiger partial charge in [0, 0.05) is 17.8 Å². The Morgan fingerprint density at radius 1 is 1.48 bits per heavy atom. The van der Waals surface area contributed by atoms with Crippen LogP contribution >= 0.6 is 11.6 Å². The fraction of sp³-hybridized carbons (Fsp3) is 0.533. The summed E-state index contributed by atoms with van der Waals surface area (Å²) in [6, 6.07) is 5.24. The molecular weight excluding hydrogens is 292 g/mol. The first-order valence-electron chi connectivity index (χ1n) is 7.11. The lowest BCUT2D eigenvalue weighted by Gasteiger charge is -2.18. The molecule has 0 radical (unpaired) electrons. The third kappa shape index (κ3) is 4.09. The summed E-state index contributed by atoms with van der Waals surface area (Å²) in [5.41, 5.74) is 0.669. The molecule has 0 aliphatic carbocycles. The Bertz CT molecular complexity index is 496. The number of benzene rings is 1. The van der Waals surface area contributed by atoms with E-state index >= 15 is 0 Å². The lowest BCUT2D eigenvalue weighted by molar-refractivity contribution is -0.120. The lowest BCUT2D eigenvalue weighted by Crippen LogP contribution is -2.41. The second kappa shape index (κ2) is 7.64. The van der Waals surface area contributed by atoms with Crippen molar-refractivity contribution < 1.29 is 14.3 Å². The van der Waals surface area contributed by atoms with E-state index in [-0.39, 0.29) is 17.9 Å². The molecule has 1 fully saturated rings. The summed E-state index contributed by atoms with van der Waals surface area (Å²) in [6.45, 7) is 3.99. The smallest absolute Gasteiger partial charge is 0.231 e. The van der Waals surface area contributed by atoms with E-state index in [4.69, 9.17) is 21.1 Å². The quantitative estimate of drug-likeness (QED) is 0.846. The van der Waals surface area contributed by atoms with Crippen LogP contribution in [0.2, 0.25) is 5.02 Å². The zero-order valence-electron chi connectivity index (χ0n) is 12.3. The fourth-order valence-corrected chi connectivity index (χ4v) is 2.51. The van der Waals surface area contributed by atoms with Crippen LogP contribution in [-0.2, 0) is 9.53 Å². The molecule has 1 saturated heterocycles. The van der Waals surface area contributed by atoms with E-state index in [1.54, 1.807) is 25.3 Å². The van der Waals surface area contributed by atoms with Gasteiger partial charge in [0.2, 0.25) is 5.91 Å². The average Bonchev–Trinajstić information content (AvgIpc) is 2.95. The van der Waals surface area contributed by atoms with Crippen molar-refractivity contribution in [1.82, 2.24) is 5.32 Å². The van der Waals surface area contributed by atoms with Crippen molar-refractivity contribution in [3.8, 4) is 5.75 Å². The van der Waals surface area contributed by atoms with E-state index in [9.17, 15) is 4.79 Å². The van der Waals surface area contributed by atoms with Gasteiger partial charge in [0.1, 0.15) is 5.75 Å². The lowest BCUT2D eigenvalue weighted by atomic mass is 10.0. The number of nitrogens with one attached hydrogen (secondary N) is 2. The number of ether oxygens (including phenoxy) is 2. The van der Waals surface area contributed by atoms with Crippen LogP contribution in [-0.4, -0.2) is 38.8 Å². The largest absolute Gasteiger partial charge is 0.495 e. The number of carbonyl (C=O) groups is 1. The van der Waals surface area contributed by atoms with Gasteiger partial charge in [0.05, 0.1) is 31.3 Å². The summed E-state index contributed by atoms with van der Waals surface area (Å²) in [4.78, 5) is 12.4. The number of amides is 1. The second-order valence-electron chi connectivity index (χ2n) is 5.04. The van der Waals surface area contributed by atoms with Crippen LogP contribution in [0.5, 0.6) is 5.75 Å². The second-order valence-corrected chi connectivity index (χ2v) is 5.45. The number of anilines is 1. The van der Waals surface area contributed by atoms with Gasteiger partial charge >= 0.3 is 0 Å². The molecule has 2 atom stereocenters. The van der Waals surface area contributed by atoms with E-state index in [2.05, 4.69) is 17.6 Å². The monoisotopic (exact) mass is 312 g/mol. The molecule has 1 aromatic carbocycles. The first-order valence-corrected chi connectivity index (χ1v) is 7.49. The minimum absolute atomic E-state index is 0.0505. The van der Waals surface area contributed by atoms with Crippen LogP contribution in [0.25, 0.3) is 0 Å². The van der Waals surface area contributed by atoms with Crippen LogP contribution in [0, 0.1) is 5.92 Å². The van der Waals surface area contributed by atoms with Crippen LogP contribution in [0.3, 0.4) is 0 Å². The number of halogens is 1. The molecule has 116 valence electrons. The van der Waals surface area contributed by atoms with Gasteiger partial charge in [-0.05, 0) is 25.1 Å². The number of hydrogen-bond acceptors (Lipinski definition) is 4. The summed E-state index contributed by atoms with van der Waals surface area (Å²) >= 11 is 5.97. The van der Waals surface area contributed by atoms with Gasteiger partial charge in [-0.3, -0.25) is 4.79 Å². The Hall–Kier alpha value is -1.30. The molecule has 1 amide bonds. The maximum Gasteiger partial charge on any atom is 0.231 e. The Kier molecular flexibility index (Phi) is 5.85. The molecule has 0 aromatic heterocycles. The summed E-state index contributed by atoms with van der Waals surface area (Å²) in [6.07, 6.45) is 1.03.